The minimum Gasteiger partial charge on any atom is -0.309 e. The number of nitro benzene ring substituents is 1. The molecule has 1 saturated heterocycles. The van der Waals surface area contributed by atoms with Gasteiger partial charge in [-0.2, -0.15) is 4.31 Å². The van der Waals surface area contributed by atoms with Crippen LogP contribution in [0.2, 0.25) is 0 Å². The molecule has 1 N–H and O–H groups in total. The lowest BCUT2D eigenvalue weighted by Gasteiger charge is -2.35. The van der Waals surface area contributed by atoms with E-state index < -0.39 is 14.9 Å². The monoisotopic (exact) mass is 435 g/mol. The summed E-state index contributed by atoms with van der Waals surface area (Å²) in [5.74, 6) is 0. The van der Waals surface area contributed by atoms with E-state index in [1.54, 1.807) is 0 Å². The van der Waals surface area contributed by atoms with Crippen molar-refractivity contribution in [3.8, 4) is 0 Å². The van der Waals surface area contributed by atoms with Crippen molar-refractivity contribution in [2.45, 2.75) is 54.5 Å². The Kier molecular flexibility index (Phi) is 6.33. The predicted octanol–water partition coefficient (Wildman–Crippen LogP) is 3.73. The summed E-state index contributed by atoms with van der Waals surface area (Å²) in [7, 11) is -3.89. The SMILES string of the molecule is Cc1ccc(C)c(Sc2ccc([N+](=O)[O-])cc2S(=O)(=O)N2CC(C)NC(C)C2)c1. The third-order valence-electron chi connectivity index (χ3n) is 4.84. The first-order valence-electron chi connectivity index (χ1n) is 9.37. The highest BCUT2D eigenvalue weighted by Crippen LogP contribution is 2.38. The number of nitrogens with zero attached hydrogens (tertiary/aromatic N) is 2. The zero-order chi connectivity index (χ0) is 21.3. The second-order valence-electron chi connectivity index (χ2n) is 7.55. The summed E-state index contributed by atoms with van der Waals surface area (Å²) in [6, 6.07) is 10.0. The van der Waals surface area contributed by atoms with Gasteiger partial charge in [-0.1, -0.05) is 23.9 Å². The number of nitrogens with one attached hydrogen (secondary N) is 1. The van der Waals surface area contributed by atoms with Crippen LogP contribution >= 0.6 is 11.8 Å². The van der Waals surface area contributed by atoms with E-state index in [0.29, 0.717) is 18.0 Å². The maximum absolute atomic E-state index is 13.5. The van der Waals surface area contributed by atoms with Gasteiger partial charge >= 0.3 is 0 Å². The van der Waals surface area contributed by atoms with Crippen LogP contribution in [0.1, 0.15) is 25.0 Å². The van der Waals surface area contributed by atoms with Crippen LogP contribution in [0.15, 0.2) is 51.1 Å². The molecule has 9 heteroatoms. The number of hydrogen-bond acceptors (Lipinski definition) is 6. The van der Waals surface area contributed by atoms with Crippen molar-refractivity contribution in [1.82, 2.24) is 9.62 Å². The smallest absolute Gasteiger partial charge is 0.270 e. The molecular weight excluding hydrogens is 410 g/mol. The minimum atomic E-state index is -3.89. The van der Waals surface area contributed by atoms with Gasteiger partial charge in [0.25, 0.3) is 5.69 Å². The molecule has 0 radical (unpaired) electrons. The van der Waals surface area contributed by atoms with Crippen LogP contribution in [0, 0.1) is 24.0 Å². The first kappa shape index (κ1) is 21.8. The molecule has 2 aromatic carbocycles. The summed E-state index contributed by atoms with van der Waals surface area (Å²) in [6.07, 6.45) is 0. The number of hydrogen-bond donors (Lipinski definition) is 1. The van der Waals surface area contributed by atoms with Gasteiger partial charge in [0.05, 0.1) is 4.92 Å². The van der Waals surface area contributed by atoms with E-state index in [9.17, 15) is 18.5 Å². The molecule has 0 aromatic heterocycles. The Labute approximate surface area is 175 Å². The van der Waals surface area contributed by atoms with Crippen molar-refractivity contribution in [3.63, 3.8) is 0 Å². The van der Waals surface area contributed by atoms with Crippen molar-refractivity contribution in [2.75, 3.05) is 13.1 Å². The summed E-state index contributed by atoms with van der Waals surface area (Å²) >= 11 is 1.32. The Bertz CT molecular complexity index is 1030. The minimum absolute atomic E-state index is 0.00217. The molecule has 2 aromatic rings. The standard InChI is InChI=1S/C20H25N3O4S2/c1-13-5-6-14(2)19(9-13)28-18-8-7-17(23(24)25)10-20(18)29(26,27)22-11-15(3)21-16(4)12-22/h5-10,15-16,21H,11-12H2,1-4H3. The molecule has 0 spiro atoms. The van der Waals surface area contributed by atoms with E-state index >= 15 is 0 Å². The van der Waals surface area contributed by atoms with E-state index in [4.69, 9.17) is 0 Å². The van der Waals surface area contributed by atoms with Crippen LogP contribution in [0.3, 0.4) is 0 Å². The van der Waals surface area contributed by atoms with Crippen LogP contribution in [0.4, 0.5) is 5.69 Å². The number of piperazine rings is 1. The van der Waals surface area contributed by atoms with Gasteiger partial charge in [0, 0.05) is 47.1 Å². The summed E-state index contributed by atoms with van der Waals surface area (Å²) < 4.78 is 28.4. The molecule has 0 aliphatic carbocycles. The maximum atomic E-state index is 13.5. The van der Waals surface area contributed by atoms with E-state index in [1.165, 1.54) is 34.3 Å². The second-order valence-corrected chi connectivity index (χ2v) is 10.5. The molecule has 156 valence electrons. The van der Waals surface area contributed by atoms with Crippen molar-refractivity contribution in [3.05, 3.63) is 57.6 Å². The van der Waals surface area contributed by atoms with Gasteiger partial charge in [0.1, 0.15) is 4.90 Å². The molecule has 7 nitrogen and oxygen atoms in total. The molecule has 3 rings (SSSR count). The Balaban J connectivity index is 2.09. The number of rotatable bonds is 5. The molecule has 0 bridgehead atoms. The number of non-ortho nitro benzene ring substituents is 1. The highest BCUT2D eigenvalue weighted by molar-refractivity contribution is 8.00. The average Bonchev–Trinajstić information content (AvgIpc) is 2.64. The third-order valence-corrected chi connectivity index (χ3v) is 8.08. The van der Waals surface area contributed by atoms with E-state index in [2.05, 4.69) is 5.32 Å². The Morgan fingerprint density at radius 2 is 1.72 bits per heavy atom. The van der Waals surface area contributed by atoms with Crippen LogP contribution in [-0.2, 0) is 10.0 Å². The topological polar surface area (TPSA) is 92.5 Å². The molecule has 1 aliphatic heterocycles. The normalized spacial score (nSPS) is 20.6. The Hall–Kier alpha value is -1.94. The van der Waals surface area contributed by atoms with E-state index in [1.807, 2.05) is 45.9 Å². The molecule has 2 unspecified atom stereocenters. The molecule has 2 atom stereocenters. The summed E-state index contributed by atoms with van der Waals surface area (Å²) in [5, 5.41) is 14.6. The number of sulfonamides is 1. The van der Waals surface area contributed by atoms with Gasteiger partial charge in [-0.25, -0.2) is 8.42 Å². The van der Waals surface area contributed by atoms with Crippen LogP contribution in [0.5, 0.6) is 0 Å². The quantitative estimate of drug-likeness (QED) is 0.568. The lowest BCUT2D eigenvalue weighted by molar-refractivity contribution is -0.385. The number of aryl methyl sites for hydroxylation is 2. The molecule has 0 saturated carbocycles. The maximum Gasteiger partial charge on any atom is 0.270 e. The van der Waals surface area contributed by atoms with Gasteiger partial charge in [-0.15, -0.1) is 0 Å². The highest BCUT2D eigenvalue weighted by atomic mass is 32.2. The number of benzene rings is 2. The zero-order valence-electron chi connectivity index (χ0n) is 16.9. The molecule has 29 heavy (non-hydrogen) atoms. The largest absolute Gasteiger partial charge is 0.309 e. The van der Waals surface area contributed by atoms with Gasteiger partial charge in [0.2, 0.25) is 10.0 Å². The van der Waals surface area contributed by atoms with Gasteiger partial charge in [-0.05, 0) is 51.0 Å². The molecule has 1 aliphatic rings. The molecular formula is C20H25N3O4S2. The third kappa shape index (κ3) is 4.80. The van der Waals surface area contributed by atoms with Gasteiger partial charge in [-0.3, -0.25) is 10.1 Å². The molecule has 1 fully saturated rings. The summed E-state index contributed by atoms with van der Waals surface area (Å²) in [4.78, 5) is 12.2. The van der Waals surface area contributed by atoms with Crippen molar-refractivity contribution in [2.24, 2.45) is 0 Å². The van der Waals surface area contributed by atoms with E-state index in [0.717, 1.165) is 16.0 Å². The zero-order valence-corrected chi connectivity index (χ0v) is 18.5. The first-order valence-corrected chi connectivity index (χ1v) is 11.6. The summed E-state index contributed by atoms with van der Waals surface area (Å²) in [6.45, 7) is 8.43. The summed E-state index contributed by atoms with van der Waals surface area (Å²) in [5.41, 5.74) is 1.85. The Morgan fingerprint density at radius 3 is 2.34 bits per heavy atom. The van der Waals surface area contributed by atoms with Crippen molar-refractivity contribution < 1.29 is 13.3 Å². The average molecular weight is 436 g/mol. The van der Waals surface area contributed by atoms with Gasteiger partial charge < -0.3 is 5.32 Å². The fraction of sp³-hybridized carbons (Fsp3) is 0.400. The fourth-order valence-corrected chi connectivity index (χ4v) is 6.60. The lowest BCUT2D eigenvalue weighted by atomic mass is 10.2. The van der Waals surface area contributed by atoms with Gasteiger partial charge in [0.15, 0.2) is 0 Å². The predicted molar refractivity (Wildman–Crippen MR) is 114 cm³/mol. The molecule has 0 amide bonds. The van der Waals surface area contributed by atoms with Crippen LogP contribution in [-0.4, -0.2) is 42.8 Å². The van der Waals surface area contributed by atoms with Crippen LogP contribution in [0.25, 0.3) is 0 Å². The first-order chi connectivity index (χ1) is 13.6. The van der Waals surface area contributed by atoms with E-state index in [-0.39, 0.29) is 22.7 Å². The number of nitro groups is 1. The second kappa shape index (κ2) is 8.43. The highest BCUT2D eigenvalue weighted by Gasteiger charge is 2.34. The van der Waals surface area contributed by atoms with Crippen LogP contribution < -0.4 is 5.32 Å². The van der Waals surface area contributed by atoms with Crippen molar-refractivity contribution in [1.29, 1.82) is 0 Å². The van der Waals surface area contributed by atoms with Crippen molar-refractivity contribution >= 4 is 27.5 Å². The fourth-order valence-electron chi connectivity index (χ4n) is 3.44. The Morgan fingerprint density at radius 1 is 1.07 bits per heavy atom. The lowest BCUT2D eigenvalue weighted by Crippen LogP contribution is -2.55. The molecule has 1 heterocycles.